The van der Waals surface area contributed by atoms with Gasteiger partial charge in [-0.3, -0.25) is 0 Å². The van der Waals surface area contributed by atoms with Gasteiger partial charge in [-0.25, -0.2) is 0 Å². The molecule has 0 aromatic heterocycles. The summed E-state index contributed by atoms with van der Waals surface area (Å²) in [4.78, 5) is 1.09. The molecule has 0 fully saturated rings. The Morgan fingerprint density at radius 2 is 1.78 bits per heavy atom. The van der Waals surface area contributed by atoms with E-state index < -0.39 is 0 Å². The zero-order valence-corrected chi connectivity index (χ0v) is 16.9. The quantitative estimate of drug-likeness (QED) is 0.213. The average Bonchev–Trinajstić information content (AvgIpc) is 2.48. The SMILES string of the molecule is C=C(C)/C=C(\C)CCC(CC)CC(C)C(=S)/C=C(C)\C=C/CC. The van der Waals surface area contributed by atoms with Crippen LogP contribution in [0.4, 0.5) is 0 Å². The predicted octanol–water partition coefficient (Wildman–Crippen LogP) is 7.62. The van der Waals surface area contributed by atoms with E-state index in [-0.39, 0.29) is 0 Å². The van der Waals surface area contributed by atoms with Crippen LogP contribution >= 0.6 is 12.2 Å². The minimum atomic E-state index is 0.477. The maximum absolute atomic E-state index is 5.63. The molecule has 0 aliphatic heterocycles. The maximum Gasteiger partial charge on any atom is 0.0183 e. The van der Waals surface area contributed by atoms with Crippen molar-refractivity contribution in [2.75, 3.05) is 0 Å². The molecule has 0 aliphatic rings. The first-order chi connectivity index (χ1) is 10.8. The standard InChI is InChI=1S/C22H36S/c1-8-10-11-18(5)15-22(23)20(7)16-21(9-2)13-12-19(6)14-17(3)4/h10-11,14-15,20-21H,3,8-9,12-13,16H2,1-2,4-7H3/b11-10-,18-15-,19-14+. The fourth-order valence-electron chi connectivity index (χ4n) is 2.75. The van der Waals surface area contributed by atoms with E-state index in [4.69, 9.17) is 12.2 Å². The highest BCUT2D eigenvalue weighted by atomic mass is 32.1. The van der Waals surface area contributed by atoms with Gasteiger partial charge in [0.25, 0.3) is 0 Å². The second kappa shape index (κ2) is 12.5. The minimum Gasteiger partial charge on any atom is -0.0961 e. The van der Waals surface area contributed by atoms with Crippen LogP contribution in [-0.4, -0.2) is 4.86 Å². The van der Waals surface area contributed by atoms with Gasteiger partial charge in [-0.15, -0.1) is 0 Å². The fourth-order valence-corrected chi connectivity index (χ4v) is 3.03. The molecule has 0 N–H and O–H groups in total. The van der Waals surface area contributed by atoms with E-state index >= 15 is 0 Å². The first-order valence-electron chi connectivity index (χ1n) is 9.01. The normalized spacial score (nSPS) is 15.7. The largest absolute Gasteiger partial charge is 0.0961 e. The molecule has 0 aliphatic carbocycles. The summed E-state index contributed by atoms with van der Waals surface area (Å²) in [5, 5.41) is 0. The molecule has 23 heavy (non-hydrogen) atoms. The van der Waals surface area contributed by atoms with Crippen molar-refractivity contribution in [1.82, 2.24) is 0 Å². The van der Waals surface area contributed by atoms with E-state index in [9.17, 15) is 0 Å². The highest BCUT2D eigenvalue weighted by Crippen LogP contribution is 2.24. The summed E-state index contributed by atoms with van der Waals surface area (Å²) in [7, 11) is 0. The van der Waals surface area contributed by atoms with E-state index in [1.165, 1.54) is 36.8 Å². The molecule has 0 heterocycles. The third kappa shape index (κ3) is 11.3. The van der Waals surface area contributed by atoms with Crippen LogP contribution in [0.1, 0.15) is 73.6 Å². The van der Waals surface area contributed by atoms with Crippen molar-refractivity contribution < 1.29 is 0 Å². The van der Waals surface area contributed by atoms with Crippen LogP contribution in [0.3, 0.4) is 0 Å². The van der Waals surface area contributed by atoms with E-state index in [1.807, 2.05) is 0 Å². The summed E-state index contributed by atoms with van der Waals surface area (Å²) in [6.45, 7) is 17.1. The van der Waals surface area contributed by atoms with Crippen LogP contribution < -0.4 is 0 Å². The number of rotatable bonds is 11. The Bertz CT molecular complexity index is 462. The first kappa shape index (κ1) is 22.1. The Kier molecular flexibility index (Phi) is 12.0. The van der Waals surface area contributed by atoms with Gasteiger partial charge in [-0.05, 0) is 64.4 Å². The van der Waals surface area contributed by atoms with Crippen molar-refractivity contribution in [3.63, 3.8) is 0 Å². The summed E-state index contributed by atoms with van der Waals surface area (Å²) in [5.74, 6) is 1.22. The molecular formula is C22H36S. The molecule has 0 spiro atoms. The average molecular weight is 333 g/mol. The van der Waals surface area contributed by atoms with Crippen molar-refractivity contribution in [2.24, 2.45) is 11.8 Å². The molecule has 0 aromatic carbocycles. The van der Waals surface area contributed by atoms with Crippen LogP contribution in [-0.2, 0) is 0 Å². The molecule has 130 valence electrons. The van der Waals surface area contributed by atoms with Gasteiger partial charge in [0.15, 0.2) is 0 Å². The zero-order chi connectivity index (χ0) is 17.8. The monoisotopic (exact) mass is 332 g/mol. The Hall–Kier alpha value is -0.950. The predicted molar refractivity (Wildman–Crippen MR) is 111 cm³/mol. The second-order valence-corrected chi connectivity index (χ2v) is 7.36. The third-order valence-electron chi connectivity index (χ3n) is 4.18. The molecule has 0 amide bonds. The molecular weight excluding hydrogens is 296 g/mol. The fraction of sp³-hybridized carbons (Fsp3) is 0.591. The van der Waals surface area contributed by atoms with Gasteiger partial charge in [0.1, 0.15) is 0 Å². The lowest BCUT2D eigenvalue weighted by Gasteiger charge is -2.20. The van der Waals surface area contributed by atoms with Crippen LogP contribution in [0.25, 0.3) is 0 Å². The van der Waals surface area contributed by atoms with Crippen LogP contribution in [0.15, 0.2) is 47.6 Å². The summed E-state index contributed by atoms with van der Waals surface area (Å²) >= 11 is 5.63. The lowest BCUT2D eigenvalue weighted by Crippen LogP contribution is -2.12. The van der Waals surface area contributed by atoms with Gasteiger partial charge >= 0.3 is 0 Å². The minimum absolute atomic E-state index is 0.477. The molecule has 1 heteroatoms. The topological polar surface area (TPSA) is 0 Å². The summed E-state index contributed by atoms with van der Waals surface area (Å²) < 4.78 is 0. The molecule has 0 aromatic rings. The van der Waals surface area contributed by atoms with E-state index in [0.29, 0.717) is 5.92 Å². The van der Waals surface area contributed by atoms with Gasteiger partial charge in [0, 0.05) is 4.86 Å². The molecule has 0 saturated heterocycles. The van der Waals surface area contributed by atoms with Crippen molar-refractivity contribution in [3.05, 3.63) is 47.6 Å². The van der Waals surface area contributed by atoms with E-state index in [1.54, 1.807) is 0 Å². The number of hydrogen-bond donors (Lipinski definition) is 0. The van der Waals surface area contributed by atoms with Crippen molar-refractivity contribution in [1.29, 1.82) is 0 Å². The lowest BCUT2D eigenvalue weighted by molar-refractivity contribution is 0.406. The highest BCUT2D eigenvalue weighted by Gasteiger charge is 2.14. The highest BCUT2D eigenvalue weighted by molar-refractivity contribution is 7.80. The molecule has 0 nitrogen and oxygen atoms in total. The van der Waals surface area contributed by atoms with Gasteiger partial charge in [0.05, 0.1) is 0 Å². The van der Waals surface area contributed by atoms with Crippen molar-refractivity contribution in [3.8, 4) is 0 Å². The summed E-state index contributed by atoms with van der Waals surface area (Å²) in [6.07, 6.45) is 14.6. The number of allylic oxidation sites excluding steroid dienone is 7. The van der Waals surface area contributed by atoms with Gasteiger partial charge in [-0.1, -0.05) is 80.9 Å². The molecule has 2 unspecified atom stereocenters. The molecule has 0 rings (SSSR count). The van der Waals surface area contributed by atoms with E-state index in [2.05, 4.69) is 72.4 Å². The first-order valence-corrected chi connectivity index (χ1v) is 9.42. The van der Waals surface area contributed by atoms with Crippen LogP contribution in [0.2, 0.25) is 0 Å². The Labute approximate surface area is 150 Å². The number of hydrogen-bond acceptors (Lipinski definition) is 1. The van der Waals surface area contributed by atoms with Crippen LogP contribution in [0, 0.1) is 11.8 Å². The molecule has 0 saturated carbocycles. The van der Waals surface area contributed by atoms with Gasteiger partial charge in [-0.2, -0.15) is 0 Å². The Morgan fingerprint density at radius 3 is 2.30 bits per heavy atom. The van der Waals surface area contributed by atoms with Crippen molar-refractivity contribution >= 4 is 17.1 Å². The smallest absolute Gasteiger partial charge is 0.0183 e. The van der Waals surface area contributed by atoms with Crippen molar-refractivity contribution in [2.45, 2.75) is 73.6 Å². The summed E-state index contributed by atoms with van der Waals surface area (Å²) in [5.41, 5.74) is 3.84. The van der Waals surface area contributed by atoms with E-state index in [0.717, 1.165) is 22.8 Å². The third-order valence-corrected chi connectivity index (χ3v) is 4.70. The lowest BCUT2D eigenvalue weighted by atomic mass is 9.87. The van der Waals surface area contributed by atoms with Gasteiger partial charge in [0.2, 0.25) is 0 Å². The molecule has 0 radical (unpaired) electrons. The Morgan fingerprint density at radius 1 is 1.13 bits per heavy atom. The molecule has 2 atom stereocenters. The van der Waals surface area contributed by atoms with Crippen LogP contribution in [0.5, 0.6) is 0 Å². The van der Waals surface area contributed by atoms with Gasteiger partial charge < -0.3 is 0 Å². The zero-order valence-electron chi connectivity index (χ0n) is 16.1. The second-order valence-electron chi connectivity index (χ2n) is 6.89. The molecule has 0 bridgehead atoms. The maximum atomic E-state index is 5.63. The Balaban J connectivity index is 4.53. The number of thiocarbonyl (C=S) groups is 1. The summed E-state index contributed by atoms with van der Waals surface area (Å²) in [6, 6.07) is 0.